The van der Waals surface area contributed by atoms with Gasteiger partial charge in [-0.25, -0.2) is 0 Å². The fourth-order valence-electron chi connectivity index (χ4n) is 4.05. The average Bonchev–Trinajstić information content (AvgIpc) is 2.79. The molecule has 0 aliphatic carbocycles. The summed E-state index contributed by atoms with van der Waals surface area (Å²) in [5.74, 6) is 0. The number of aliphatic hydroxyl groups is 2. The van der Waals surface area contributed by atoms with Crippen LogP contribution in [0.1, 0.15) is 52.4 Å². The lowest BCUT2D eigenvalue weighted by atomic mass is 9.80. The molecule has 4 heteroatoms. The van der Waals surface area contributed by atoms with Crippen LogP contribution in [0.3, 0.4) is 0 Å². The van der Waals surface area contributed by atoms with Crippen LogP contribution in [0.25, 0.3) is 0 Å². The zero-order valence-corrected chi connectivity index (χ0v) is 14.9. The molecule has 3 aliphatic heterocycles. The van der Waals surface area contributed by atoms with Gasteiger partial charge in [-0.2, -0.15) is 0 Å². The standard InChI is InChI=1S/C20H30O4/c1-13-5-6-17-19(4,21)9-8-16(24-17)14(2)7-10-20(22)15(3)12-23-18(20)11-13/h11,16-18,21-22H,2-3,5-10,12H2,1,4H3/b13-11+/t16-,17+,18+,19+,20-/m1/s1. The van der Waals surface area contributed by atoms with Gasteiger partial charge < -0.3 is 19.7 Å². The van der Waals surface area contributed by atoms with Crippen molar-refractivity contribution in [2.24, 2.45) is 0 Å². The first-order valence-corrected chi connectivity index (χ1v) is 8.97. The van der Waals surface area contributed by atoms with Crippen LogP contribution in [0.15, 0.2) is 36.0 Å². The second-order valence-electron chi connectivity index (χ2n) is 7.98. The van der Waals surface area contributed by atoms with Gasteiger partial charge >= 0.3 is 0 Å². The van der Waals surface area contributed by atoms with Crippen molar-refractivity contribution in [2.75, 3.05) is 6.61 Å². The molecule has 5 atom stereocenters. The predicted octanol–water partition coefficient (Wildman–Crippen LogP) is 3.05. The van der Waals surface area contributed by atoms with Crippen LogP contribution in [0.2, 0.25) is 0 Å². The summed E-state index contributed by atoms with van der Waals surface area (Å²) in [6, 6.07) is 0. The highest BCUT2D eigenvalue weighted by molar-refractivity contribution is 5.27. The van der Waals surface area contributed by atoms with E-state index in [1.54, 1.807) is 0 Å². The molecule has 24 heavy (non-hydrogen) atoms. The highest BCUT2D eigenvalue weighted by atomic mass is 16.5. The van der Waals surface area contributed by atoms with E-state index in [0.29, 0.717) is 25.9 Å². The minimum absolute atomic E-state index is 0.0448. The van der Waals surface area contributed by atoms with Crippen molar-refractivity contribution < 1.29 is 19.7 Å². The summed E-state index contributed by atoms with van der Waals surface area (Å²) in [6.45, 7) is 12.5. The van der Waals surface area contributed by atoms with Crippen LogP contribution in [-0.4, -0.2) is 46.3 Å². The van der Waals surface area contributed by atoms with Gasteiger partial charge in [0.1, 0.15) is 11.7 Å². The quantitative estimate of drug-likeness (QED) is 0.669. The molecule has 0 aromatic carbocycles. The first-order chi connectivity index (χ1) is 11.2. The Balaban J connectivity index is 1.88. The molecule has 0 radical (unpaired) electrons. The molecule has 0 aromatic rings. The Bertz CT molecular complexity index is 562. The lowest BCUT2D eigenvalue weighted by Gasteiger charge is -2.42. The van der Waals surface area contributed by atoms with Crippen molar-refractivity contribution in [3.05, 3.63) is 36.0 Å². The second-order valence-corrected chi connectivity index (χ2v) is 7.98. The number of hydrogen-bond donors (Lipinski definition) is 2. The van der Waals surface area contributed by atoms with Gasteiger partial charge in [-0.3, -0.25) is 0 Å². The van der Waals surface area contributed by atoms with E-state index >= 15 is 0 Å². The maximum atomic E-state index is 11.1. The van der Waals surface area contributed by atoms with Gasteiger partial charge in [0.05, 0.1) is 24.4 Å². The second kappa shape index (κ2) is 6.41. The molecule has 3 heterocycles. The van der Waals surface area contributed by atoms with Gasteiger partial charge in [-0.1, -0.05) is 24.8 Å². The van der Waals surface area contributed by atoms with E-state index < -0.39 is 11.2 Å². The molecule has 4 nitrogen and oxygen atoms in total. The Kier molecular flexibility index (Phi) is 4.77. The fourth-order valence-corrected chi connectivity index (χ4v) is 4.05. The van der Waals surface area contributed by atoms with E-state index in [1.165, 1.54) is 0 Å². The Morgan fingerprint density at radius 3 is 2.67 bits per heavy atom. The zero-order chi connectivity index (χ0) is 17.5. The Morgan fingerprint density at radius 2 is 1.92 bits per heavy atom. The third-order valence-corrected chi connectivity index (χ3v) is 5.97. The molecule has 0 spiro atoms. The predicted molar refractivity (Wildman–Crippen MR) is 93.7 cm³/mol. The van der Waals surface area contributed by atoms with Crippen LogP contribution < -0.4 is 0 Å². The fraction of sp³-hybridized carbons (Fsp3) is 0.700. The third-order valence-electron chi connectivity index (χ3n) is 5.97. The Morgan fingerprint density at radius 1 is 1.17 bits per heavy atom. The molecule has 0 aromatic heterocycles. The Hall–Kier alpha value is -0.940. The van der Waals surface area contributed by atoms with Gasteiger partial charge in [-0.15, -0.1) is 0 Å². The maximum Gasteiger partial charge on any atom is 0.118 e. The minimum atomic E-state index is -1.02. The van der Waals surface area contributed by atoms with Gasteiger partial charge in [0.25, 0.3) is 0 Å². The molecule has 3 aliphatic rings. The summed E-state index contributed by atoms with van der Waals surface area (Å²) >= 11 is 0. The van der Waals surface area contributed by atoms with Crippen molar-refractivity contribution in [3.8, 4) is 0 Å². The monoisotopic (exact) mass is 334 g/mol. The van der Waals surface area contributed by atoms with Crippen molar-refractivity contribution in [1.29, 1.82) is 0 Å². The van der Waals surface area contributed by atoms with E-state index in [9.17, 15) is 10.2 Å². The van der Waals surface area contributed by atoms with Crippen molar-refractivity contribution in [2.45, 2.75) is 81.9 Å². The number of hydrogen-bond acceptors (Lipinski definition) is 4. The van der Waals surface area contributed by atoms with E-state index in [1.807, 2.05) is 19.9 Å². The summed E-state index contributed by atoms with van der Waals surface area (Å²) < 4.78 is 12.0. The molecule has 2 fully saturated rings. The summed E-state index contributed by atoms with van der Waals surface area (Å²) in [5, 5.41) is 21.8. The third kappa shape index (κ3) is 3.25. The number of ether oxygens (including phenoxy) is 2. The summed E-state index contributed by atoms with van der Waals surface area (Å²) in [6.07, 6.45) is 5.69. The minimum Gasteiger partial charge on any atom is -0.387 e. The molecule has 3 rings (SSSR count). The first-order valence-electron chi connectivity index (χ1n) is 8.97. The van der Waals surface area contributed by atoms with Gasteiger partial charge in [0.2, 0.25) is 0 Å². The van der Waals surface area contributed by atoms with Gasteiger partial charge in [-0.05, 0) is 63.5 Å². The highest BCUT2D eigenvalue weighted by Crippen LogP contribution is 2.40. The molecular weight excluding hydrogens is 304 g/mol. The van der Waals surface area contributed by atoms with E-state index in [0.717, 1.165) is 36.0 Å². The van der Waals surface area contributed by atoms with E-state index in [4.69, 9.17) is 9.47 Å². The SMILES string of the molecule is C=C1CC[C@@]2(O)C(=C)CO[C@H]2/C=C(\C)CC[C@@H]2O[C@@H]1CC[C@]2(C)O. The van der Waals surface area contributed by atoms with Crippen molar-refractivity contribution >= 4 is 0 Å². The van der Waals surface area contributed by atoms with Crippen molar-refractivity contribution in [1.82, 2.24) is 0 Å². The van der Waals surface area contributed by atoms with Gasteiger partial charge in [0, 0.05) is 0 Å². The summed E-state index contributed by atoms with van der Waals surface area (Å²) in [4.78, 5) is 0. The lowest BCUT2D eigenvalue weighted by molar-refractivity contribution is -0.160. The van der Waals surface area contributed by atoms with Crippen LogP contribution in [-0.2, 0) is 9.47 Å². The zero-order valence-electron chi connectivity index (χ0n) is 14.9. The van der Waals surface area contributed by atoms with E-state index in [2.05, 4.69) is 13.2 Å². The first kappa shape index (κ1) is 17.9. The number of rotatable bonds is 0. The summed E-state index contributed by atoms with van der Waals surface area (Å²) in [5.41, 5.74) is 1.06. The average molecular weight is 334 g/mol. The summed E-state index contributed by atoms with van der Waals surface area (Å²) in [7, 11) is 0. The van der Waals surface area contributed by atoms with Crippen LogP contribution >= 0.6 is 0 Å². The maximum absolute atomic E-state index is 11.1. The topological polar surface area (TPSA) is 58.9 Å². The molecule has 0 saturated carbocycles. The van der Waals surface area contributed by atoms with Crippen LogP contribution in [0, 0.1) is 0 Å². The Labute approximate surface area is 144 Å². The number of fused-ring (bicyclic) bond motifs is 3. The number of allylic oxidation sites excluding steroid dienone is 1. The highest BCUT2D eigenvalue weighted by Gasteiger charge is 2.45. The molecule has 0 amide bonds. The molecule has 0 unspecified atom stereocenters. The van der Waals surface area contributed by atoms with E-state index in [-0.39, 0.29) is 18.3 Å². The normalized spacial score (nSPS) is 46.5. The lowest BCUT2D eigenvalue weighted by Crippen LogP contribution is -2.48. The van der Waals surface area contributed by atoms with Gasteiger partial charge in [0.15, 0.2) is 0 Å². The molecule has 2 bridgehead atoms. The molecule has 134 valence electrons. The molecule has 2 saturated heterocycles. The molecular formula is C20H30O4. The van der Waals surface area contributed by atoms with Crippen molar-refractivity contribution in [3.63, 3.8) is 0 Å². The van der Waals surface area contributed by atoms with Crippen LogP contribution in [0.4, 0.5) is 0 Å². The molecule has 2 N–H and O–H groups in total. The van der Waals surface area contributed by atoms with Crippen LogP contribution in [0.5, 0.6) is 0 Å². The smallest absolute Gasteiger partial charge is 0.118 e. The largest absolute Gasteiger partial charge is 0.387 e.